The van der Waals surface area contributed by atoms with Crippen LogP contribution in [-0.2, 0) is 0 Å². The fourth-order valence-electron chi connectivity index (χ4n) is 3.49. The van der Waals surface area contributed by atoms with Gasteiger partial charge in [-0.05, 0) is 45.8 Å². The lowest BCUT2D eigenvalue weighted by molar-refractivity contribution is 0.0933. The number of carbonyl (C=O) groups is 1. The highest BCUT2D eigenvalue weighted by atomic mass is 35.5. The number of carbonyl (C=O) groups excluding carboxylic acids is 1. The summed E-state index contributed by atoms with van der Waals surface area (Å²) in [6.45, 7) is 5.37. The van der Waals surface area contributed by atoms with E-state index in [1.54, 1.807) is 6.92 Å². The Kier molecular flexibility index (Phi) is 7.80. The summed E-state index contributed by atoms with van der Waals surface area (Å²) in [5, 5.41) is 14.3. The van der Waals surface area contributed by atoms with Gasteiger partial charge in [-0.15, -0.1) is 17.5 Å². The molecule has 3 rings (SSSR count). The lowest BCUT2D eigenvalue weighted by atomic mass is 10.1. The first-order valence-electron chi connectivity index (χ1n) is 9.31. The topological polar surface area (TPSA) is 90.3 Å². The van der Waals surface area contributed by atoms with Crippen LogP contribution in [0.1, 0.15) is 53.6 Å². The molecule has 1 aromatic heterocycles. The summed E-state index contributed by atoms with van der Waals surface area (Å²) in [5.41, 5.74) is 1.27. The number of methoxy groups -OCH3 is 2. The first-order chi connectivity index (χ1) is 13.5. The van der Waals surface area contributed by atoms with Crippen LogP contribution in [0.3, 0.4) is 0 Å². The van der Waals surface area contributed by atoms with Gasteiger partial charge in [0.15, 0.2) is 17.2 Å². The van der Waals surface area contributed by atoms with E-state index in [9.17, 15) is 9.18 Å². The average molecular weight is 428 g/mol. The summed E-state index contributed by atoms with van der Waals surface area (Å²) in [5.74, 6) is -0.184. The largest absolute Gasteiger partial charge is 0.493 e. The van der Waals surface area contributed by atoms with Crippen molar-refractivity contribution in [3.63, 3.8) is 0 Å². The standard InChI is InChI=1S/C19H26FN5O3.ClH/c1-11(14-9-16(27-3)17(28-4)10-15(14)20)22-19(26)18-12(2)25(24-23-18)13-5-7-21-8-6-13;/h9-11,13,21H,5-8H2,1-4H3,(H,22,26);1H. The molecule has 0 saturated carbocycles. The molecule has 10 heteroatoms. The Bertz CT molecular complexity index is 855. The first-order valence-corrected chi connectivity index (χ1v) is 9.31. The predicted molar refractivity (Wildman–Crippen MR) is 109 cm³/mol. The molecule has 0 aliphatic carbocycles. The fraction of sp³-hybridized carbons (Fsp3) is 0.526. The second-order valence-corrected chi connectivity index (χ2v) is 6.87. The van der Waals surface area contributed by atoms with E-state index in [0.717, 1.165) is 25.9 Å². The number of nitrogens with one attached hydrogen (secondary N) is 2. The highest BCUT2D eigenvalue weighted by Crippen LogP contribution is 2.32. The smallest absolute Gasteiger partial charge is 0.274 e. The van der Waals surface area contributed by atoms with Gasteiger partial charge < -0.3 is 20.1 Å². The van der Waals surface area contributed by atoms with Gasteiger partial charge in [0.2, 0.25) is 0 Å². The highest BCUT2D eigenvalue weighted by molar-refractivity contribution is 5.93. The summed E-state index contributed by atoms with van der Waals surface area (Å²) in [4.78, 5) is 12.7. The molecule has 0 radical (unpaired) electrons. The van der Waals surface area contributed by atoms with E-state index < -0.39 is 11.9 Å². The van der Waals surface area contributed by atoms with Crippen LogP contribution < -0.4 is 20.1 Å². The molecule has 1 saturated heterocycles. The number of nitrogens with zero attached hydrogens (tertiary/aromatic N) is 3. The van der Waals surface area contributed by atoms with Gasteiger partial charge in [-0.2, -0.15) is 0 Å². The number of rotatable bonds is 6. The van der Waals surface area contributed by atoms with E-state index >= 15 is 0 Å². The Morgan fingerprint density at radius 1 is 1.28 bits per heavy atom. The van der Waals surface area contributed by atoms with Crippen molar-refractivity contribution < 1.29 is 18.7 Å². The maximum atomic E-state index is 14.5. The minimum absolute atomic E-state index is 0. The van der Waals surface area contributed by atoms with Crippen molar-refractivity contribution in [3.8, 4) is 11.5 Å². The monoisotopic (exact) mass is 427 g/mol. The Balaban J connectivity index is 0.00000300. The summed E-state index contributed by atoms with van der Waals surface area (Å²) in [7, 11) is 2.92. The lowest BCUT2D eigenvalue weighted by Gasteiger charge is -2.23. The molecule has 2 aromatic rings. The lowest BCUT2D eigenvalue weighted by Crippen LogP contribution is -2.31. The molecule has 0 spiro atoms. The molecule has 1 aliphatic rings. The molecule has 8 nitrogen and oxygen atoms in total. The molecule has 2 N–H and O–H groups in total. The predicted octanol–water partition coefficient (Wildman–Crippen LogP) is 2.58. The summed E-state index contributed by atoms with van der Waals surface area (Å²) < 4.78 is 26.6. The van der Waals surface area contributed by atoms with Gasteiger partial charge in [0.25, 0.3) is 5.91 Å². The Morgan fingerprint density at radius 2 is 1.90 bits per heavy atom. The van der Waals surface area contributed by atoms with E-state index in [0.29, 0.717) is 22.8 Å². The van der Waals surface area contributed by atoms with Crippen LogP contribution in [0.5, 0.6) is 11.5 Å². The van der Waals surface area contributed by atoms with Crippen molar-refractivity contribution in [1.82, 2.24) is 25.6 Å². The number of hydrogen-bond donors (Lipinski definition) is 2. The Hall–Kier alpha value is -2.39. The molecular weight excluding hydrogens is 401 g/mol. The van der Waals surface area contributed by atoms with Gasteiger partial charge >= 0.3 is 0 Å². The van der Waals surface area contributed by atoms with Crippen LogP contribution in [0, 0.1) is 12.7 Å². The summed E-state index contributed by atoms with van der Waals surface area (Å²) in [6, 6.07) is 2.42. The zero-order valence-corrected chi connectivity index (χ0v) is 17.8. The number of ether oxygens (including phenoxy) is 2. The molecule has 1 aliphatic heterocycles. The zero-order chi connectivity index (χ0) is 20.3. The SMILES string of the molecule is COc1cc(F)c(C(C)NC(=O)c2nnn(C3CCNCC3)c2C)cc1OC.Cl. The Morgan fingerprint density at radius 3 is 2.52 bits per heavy atom. The fourth-order valence-corrected chi connectivity index (χ4v) is 3.49. The van der Waals surface area contributed by atoms with Crippen LogP contribution in [0.2, 0.25) is 0 Å². The maximum Gasteiger partial charge on any atom is 0.274 e. The number of piperidine rings is 1. The van der Waals surface area contributed by atoms with Gasteiger partial charge in [0.05, 0.1) is 32.0 Å². The molecular formula is C19H27ClFN5O3. The van der Waals surface area contributed by atoms with Gasteiger partial charge in [-0.1, -0.05) is 5.21 Å². The molecule has 0 bridgehead atoms. The highest BCUT2D eigenvalue weighted by Gasteiger charge is 2.25. The van der Waals surface area contributed by atoms with Crippen LogP contribution in [-0.4, -0.2) is 48.2 Å². The van der Waals surface area contributed by atoms with E-state index in [1.807, 2.05) is 11.6 Å². The summed E-state index contributed by atoms with van der Waals surface area (Å²) >= 11 is 0. The van der Waals surface area contributed by atoms with Crippen LogP contribution >= 0.6 is 12.4 Å². The van der Waals surface area contributed by atoms with Crippen molar-refractivity contribution in [2.75, 3.05) is 27.3 Å². The number of amides is 1. The Labute approximate surface area is 175 Å². The van der Waals surface area contributed by atoms with Crippen LogP contribution in [0.15, 0.2) is 12.1 Å². The molecule has 1 atom stereocenters. The van der Waals surface area contributed by atoms with Gasteiger partial charge in [0.1, 0.15) is 5.82 Å². The van der Waals surface area contributed by atoms with Gasteiger partial charge in [-0.25, -0.2) is 9.07 Å². The molecule has 1 fully saturated rings. The van der Waals surface area contributed by atoms with Crippen molar-refractivity contribution >= 4 is 18.3 Å². The van der Waals surface area contributed by atoms with E-state index in [-0.39, 0.29) is 30.0 Å². The third-order valence-corrected chi connectivity index (χ3v) is 5.11. The van der Waals surface area contributed by atoms with Crippen molar-refractivity contribution in [2.45, 2.75) is 38.8 Å². The third-order valence-electron chi connectivity index (χ3n) is 5.11. The molecule has 29 heavy (non-hydrogen) atoms. The van der Waals surface area contributed by atoms with Crippen LogP contribution in [0.4, 0.5) is 4.39 Å². The third kappa shape index (κ3) is 4.79. The second kappa shape index (κ2) is 9.89. The van der Waals surface area contributed by atoms with Crippen LogP contribution in [0.25, 0.3) is 0 Å². The minimum Gasteiger partial charge on any atom is -0.493 e. The van der Waals surface area contributed by atoms with Gasteiger partial charge in [0, 0.05) is 11.6 Å². The van der Waals surface area contributed by atoms with E-state index in [2.05, 4.69) is 20.9 Å². The molecule has 160 valence electrons. The number of halogens is 2. The maximum absolute atomic E-state index is 14.5. The minimum atomic E-state index is -0.587. The molecule has 2 heterocycles. The average Bonchev–Trinajstić information content (AvgIpc) is 3.09. The molecule has 1 amide bonds. The van der Waals surface area contributed by atoms with Crippen molar-refractivity contribution in [1.29, 1.82) is 0 Å². The second-order valence-electron chi connectivity index (χ2n) is 6.87. The zero-order valence-electron chi connectivity index (χ0n) is 17.0. The molecule has 1 aromatic carbocycles. The van der Waals surface area contributed by atoms with Gasteiger partial charge in [-0.3, -0.25) is 4.79 Å². The number of aromatic nitrogens is 3. The van der Waals surface area contributed by atoms with Crippen molar-refractivity contribution in [3.05, 3.63) is 34.9 Å². The first kappa shape index (κ1) is 22.9. The molecule has 1 unspecified atom stereocenters. The number of hydrogen-bond acceptors (Lipinski definition) is 6. The van der Waals surface area contributed by atoms with Crippen molar-refractivity contribution in [2.24, 2.45) is 0 Å². The van der Waals surface area contributed by atoms with E-state index in [4.69, 9.17) is 9.47 Å². The summed E-state index contributed by atoms with van der Waals surface area (Å²) in [6.07, 6.45) is 1.89. The van der Waals surface area contributed by atoms with E-state index in [1.165, 1.54) is 26.4 Å². The normalized spacial score (nSPS) is 15.3. The quantitative estimate of drug-likeness (QED) is 0.736. The number of benzene rings is 1.